The molecule has 0 bridgehead atoms. The first-order chi connectivity index (χ1) is 16.1. The molecule has 10 nitrogen and oxygen atoms in total. The summed E-state index contributed by atoms with van der Waals surface area (Å²) in [4.78, 5) is 30.6. The molecule has 5 rings (SSSR count). The monoisotopic (exact) mass is 451 g/mol. The van der Waals surface area contributed by atoms with Crippen molar-refractivity contribution in [3.05, 3.63) is 46.5 Å². The zero-order chi connectivity index (χ0) is 22.9. The van der Waals surface area contributed by atoms with Gasteiger partial charge < -0.3 is 25.3 Å². The second-order valence-corrected chi connectivity index (χ2v) is 8.70. The molecule has 3 N–H and O–H groups in total. The Labute approximate surface area is 191 Å². The molecule has 2 atom stereocenters. The number of rotatable bonds is 7. The van der Waals surface area contributed by atoms with Gasteiger partial charge in [-0.05, 0) is 37.8 Å². The van der Waals surface area contributed by atoms with E-state index in [2.05, 4.69) is 26.0 Å². The lowest BCUT2D eigenvalue weighted by molar-refractivity contribution is 0.0278. The number of aromatic nitrogens is 4. The number of amides is 1. The van der Waals surface area contributed by atoms with E-state index in [1.165, 1.54) is 6.20 Å². The molecular formula is C23H29N7O3. The maximum atomic E-state index is 13.3. The largest absolute Gasteiger partial charge is 0.379 e. The van der Waals surface area contributed by atoms with Gasteiger partial charge in [0.05, 0.1) is 18.3 Å². The summed E-state index contributed by atoms with van der Waals surface area (Å²) in [5.41, 5.74) is 1.11. The standard InChI is InChI=1S/C23H29N7O3/c1-24-20-12-19(28-21-15(13-25-30(20)21)22(31)26-14-9-10-14)27-16-6-5-11-29(23(16)32)17-7-3-4-8-18(17)33-2/h5-6,11-14,17-18,24H,3-4,7-10H2,1-2H3,(H,26,31)(H,27,28)/t17-,18+/m0/s1. The topological polar surface area (TPSA) is 115 Å². The van der Waals surface area contributed by atoms with Crippen molar-refractivity contribution in [2.75, 3.05) is 24.8 Å². The normalized spacial score (nSPS) is 20.5. The van der Waals surface area contributed by atoms with Gasteiger partial charge in [0, 0.05) is 32.5 Å². The van der Waals surface area contributed by atoms with Crippen LogP contribution in [0.5, 0.6) is 0 Å². The molecule has 3 heterocycles. The summed E-state index contributed by atoms with van der Waals surface area (Å²) in [6.45, 7) is 0. The van der Waals surface area contributed by atoms with Crippen LogP contribution in [0, 0.1) is 0 Å². The van der Waals surface area contributed by atoms with E-state index in [-0.39, 0.29) is 29.7 Å². The van der Waals surface area contributed by atoms with E-state index in [9.17, 15) is 9.59 Å². The smallest absolute Gasteiger partial charge is 0.274 e. The zero-order valence-electron chi connectivity index (χ0n) is 18.9. The van der Waals surface area contributed by atoms with Crippen molar-refractivity contribution >= 4 is 28.9 Å². The van der Waals surface area contributed by atoms with Crippen molar-refractivity contribution in [2.24, 2.45) is 0 Å². The number of nitrogens with zero attached hydrogens (tertiary/aromatic N) is 4. The molecule has 1 amide bonds. The lowest BCUT2D eigenvalue weighted by Gasteiger charge is -2.32. The van der Waals surface area contributed by atoms with Crippen LogP contribution >= 0.6 is 0 Å². The molecule has 2 aliphatic carbocycles. The van der Waals surface area contributed by atoms with Crippen molar-refractivity contribution < 1.29 is 9.53 Å². The van der Waals surface area contributed by atoms with Gasteiger partial charge >= 0.3 is 0 Å². The van der Waals surface area contributed by atoms with Crippen LogP contribution in [0.2, 0.25) is 0 Å². The van der Waals surface area contributed by atoms with Crippen LogP contribution in [0.1, 0.15) is 54.9 Å². The van der Waals surface area contributed by atoms with E-state index in [0.717, 1.165) is 38.5 Å². The molecule has 2 aliphatic rings. The van der Waals surface area contributed by atoms with Crippen LogP contribution in [-0.4, -0.2) is 51.4 Å². The minimum atomic E-state index is -0.191. The van der Waals surface area contributed by atoms with Crippen LogP contribution in [-0.2, 0) is 4.74 Å². The van der Waals surface area contributed by atoms with Gasteiger partial charge in [0.2, 0.25) is 0 Å². The minimum Gasteiger partial charge on any atom is -0.379 e. The van der Waals surface area contributed by atoms with Gasteiger partial charge in [0.1, 0.15) is 22.9 Å². The molecule has 2 fully saturated rings. The predicted octanol–water partition coefficient (Wildman–Crippen LogP) is 2.70. The van der Waals surface area contributed by atoms with Gasteiger partial charge in [0.25, 0.3) is 11.5 Å². The number of anilines is 3. The number of fused-ring (bicyclic) bond motifs is 1. The Morgan fingerprint density at radius 3 is 2.79 bits per heavy atom. The molecule has 2 saturated carbocycles. The highest BCUT2D eigenvalue weighted by atomic mass is 16.5. The Bertz CT molecular complexity index is 1230. The number of methoxy groups -OCH3 is 1. The Hall–Kier alpha value is -3.40. The summed E-state index contributed by atoms with van der Waals surface area (Å²) in [6.07, 6.45) is 9.41. The van der Waals surface area contributed by atoms with Crippen molar-refractivity contribution in [1.29, 1.82) is 0 Å². The van der Waals surface area contributed by atoms with Crippen LogP contribution in [0.3, 0.4) is 0 Å². The van der Waals surface area contributed by atoms with Gasteiger partial charge in [0.15, 0.2) is 5.65 Å². The van der Waals surface area contributed by atoms with E-state index >= 15 is 0 Å². The molecule has 3 aromatic heterocycles. The lowest BCUT2D eigenvalue weighted by Crippen LogP contribution is -2.36. The highest BCUT2D eigenvalue weighted by molar-refractivity contribution is 6.00. The molecular weight excluding hydrogens is 422 g/mol. The van der Waals surface area contributed by atoms with Crippen LogP contribution < -0.4 is 21.5 Å². The van der Waals surface area contributed by atoms with Gasteiger partial charge in [-0.2, -0.15) is 9.61 Å². The van der Waals surface area contributed by atoms with E-state index in [0.29, 0.717) is 28.5 Å². The molecule has 0 spiro atoms. The molecule has 0 radical (unpaired) electrons. The molecule has 0 aromatic carbocycles. The maximum absolute atomic E-state index is 13.3. The summed E-state index contributed by atoms with van der Waals surface area (Å²) >= 11 is 0. The number of carbonyl (C=O) groups excluding carboxylic acids is 1. The Morgan fingerprint density at radius 2 is 2.03 bits per heavy atom. The average molecular weight is 452 g/mol. The molecule has 0 unspecified atom stereocenters. The molecule has 174 valence electrons. The van der Waals surface area contributed by atoms with E-state index in [4.69, 9.17) is 4.74 Å². The maximum Gasteiger partial charge on any atom is 0.274 e. The first-order valence-corrected chi connectivity index (χ1v) is 11.5. The quantitative estimate of drug-likeness (QED) is 0.506. The summed E-state index contributed by atoms with van der Waals surface area (Å²) in [5.74, 6) is 0.912. The fourth-order valence-corrected chi connectivity index (χ4v) is 4.53. The number of hydrogen-bond acceptors (Lipinski definition) is 7. The number of ether oxygens (including phenoxy) is 1. The second kappa shape index (κ2) is 8.86. The first kappa shape index (κ1) is 21.4. The molecule has 10 heteroatoms. The molecule has 3 aromatic rings. The highest BCUT2D eigenvalue weighted by Crippen LogP contribution is 2.30. The summed E-state index contributed by atoms with van der Waals surface area (Å²) in [7, 11) is 3.48. The van der Waals surface area contributed by atoms with Gasteiger partial charge in [-0.3, -0.25) is 9.59 Å². The van der Waals surface area contributed by atoms with Gasteiger partial charge in [-0.1, -0.05) is 12.8 Å². The molecule has 0 aliphatic heterocycles. The van der Waals surface area contributed by atoms with Crippen molar-refractivity contribution in [3.63, 3.8) is 0 Å². The SMILES string of the molecule is CNc1cc(Nc2cccn([C@H]3CCCC[C@H]3OC)c2=O)nc2c(C(=O)NC3CC3)cnn12. The van der Waals surface area contributed by atoms with Crippen LogP contribution in [0.15, 0.2) is 35.4 Å². The van der Waals surface area contributed by atoms with Crippen molar-refractivity contribution in [1.82, 2.24) is 24.5 Å². The number of pyridine rings is 1. The number of carbonyl (C=O) groups is 1. The van der Waals surface area contributed by atoms with Gasteiger partial charge in [-0.25, -0.2) is 4.98 Å². The highest BCUT2D eigenvalue weighted by Gasteiger charge is 2.28. The van der Waals surface area contributed by atoms with Crippen molar-refractivity contribution in [3.8, 4) is 0 Å². The first-order valence-electron chi connectivity index (χ1n) is 11.5. The summed E-state index contributed by atoms with van der Waals surface area (Å²) in [6, 6.07) is 5.60. The van der Waals surface area contributed by atoms with E-state index in [1.54, 1.807) is 35.4 Å². The third-order valence-corrected chi connectivity index (χ3v) is 6.45. The number of nitrogens with one attached hydrogen (secondary N) is 3. The van der Waals surface area contributed by atoms with Crippen molar-refractivity contribution in [2.45, 2.75) is 56.7 Å². The summed E-state index contributed by atoms with van der Waals surface area (Å²) in [5, 5.41) is 13.5. The van der Waals surface area contributed by atoms with Crippen LogP contribution in [0.25, 0.3) is 5.65 Å². The second-order valence-electron chi connectivity index (χ2n) is 8.70. The number of hydrogen-bond donors (Lipinski definition) is 3. The third-order valence-electron chi connectivity index (χ3n) is 6.45. The van der Waals surface area contributed by atoms with E-state index in [1.807, 2.05) is 12.3 Å². The van der Waals surface area contributed by atoms with Crippen LogP contribution in [0.4, 0.5) is 17.3 Å². The molecule has 33 heavy (non-hydrogen) atoms. The summed E-state index contributed by atoms with van der Waals surface area (Å²) < 4.78 is 9.01. The Morgan fingerprint density at radius 1 is 1.21 bits per heavy atom. The zero-order valence-corrected chi connectivity index (χ0v) is 18.9. The van der Waals surface area contributed by atoms with E-state index < -0.39 is 0 Å². The fraction of sp³-hybridized carbons (Fsp3) is 0.478. The fourth-order valence-electron chi connectivity index (χ4n) is 4.53. The third kappa shape index (κ3) is 4.18. The molecule has 0 saturated heterocycles. The van der Waals surface area contributed by atoms with Gasteiger partial charge in [-0.15, -0.1) is 0 Å². The Kier molecular flexibility index (Phi) is 5.76. The average Bonchev–Trinajstić information content (AvgIpc) is 3.54. The minimum absolute atomic E-state index is 0.00820. The lowest BCUT2D eigenvalue weighted by atomic mass is 9.92. The Balaban J connectivity index is 1.49. The predicted molar refractivity (Wildman–Crippen MR) is 125 cm³/mol.